The fraction of sp³-hybridized carbons (Fsp3) is 0.559. The highest BCUT2D eigenvalue weighted by atomic mass is 32.1. The fourth-order valence-corrected chi connectivity index (χ4v) is 6.49. The van der Waals surface area contributed by atoms with Crippen LogP contribution >= 0.6 is 11.3 Å². The van der Waals surface area contributed by atoms with Crippen molar-refractivity contribution in [2.75, 3.05) is 26.7 Å². The molecule has 4 amide bonds. The summed E-state index contributed by atoms with van der Waals surface area (Å²) in [5, 5.41) is 15.8. The van der Waals surface area contributed by atoms with Crippen LogP contribution in [0, 0.1) is 5.92 Å². The zero-order chi connectivity index (χ0) is 35.1. The summed E-state index contributed by atoms with van der Waals surface area (Å²) in [7, 11) is 2.11. The van der Waals surface area contributed by atoms with Gasteiger partial charge in [0.25, 0.3) is 5.91 Å². The molecule has 1 aromatic heterocycles. The molecule has 10 N–H and O–H groups in total. The number of piperidine rings is 1. The van der Waals surface area contributed by atoms with Gasteiger partial charge in [0, 0.05) is 50.1 Å². The molecule has 2 heterocycles. The quantitative estimate of drug-likeness (QED) is 0.0649. The number of benzene rings is 1. The largest absolute Gasteiger partial charge is 0.370 e. The molecule has 3 rings (SSSR count). The summed E-state index contributed by atoms with van der Waals surface area (Å²) >= 11 is 1.49. The molecule has 14 heteroatoms. The zero-order valence-corrected chi connectivity index (χ0v) is 29.2. The van der Waals surface area contributed by atoms with Crippen LogP contribution in [0.1, 0.15) is 73.9 Å². The molecule has 48 heavy (non-hydrogen) atoms. The van der Waals surface area contributed by atoms with E-state index in [0.29, 0.717) is 24.4 Å². The van der Waals surface area contributed by atoms with E-state index in [1.165, 1.54) is 11.3 Å². The van der Waals surface area contributed by atoms with Crippen LogP contribution < -0.4 is 38.5 Å². The average Bonchev–Trinajstić information content (AvgIpc) is 3.55. The number of hydrogen-bond acceptors (Lipinski definition) is 8. The number of aliphatic imine (C=N–C) groups is 1. The highest BCUT2D eigenvalue weighted by Crippen LogP contribution is 2.15. The van der Waals surface area contributed by atoms with Crippen LogP contribution in [0.2, 0.25) is 0 Å². The van der Waals surface area contributed by atoms with Gasteiger partial charge in [-0.25, -0.2) is 0 Å². The summed E-state index contributed by atoms with van der Waals surface area (Å²) in [4.78, 5) is 58.5. The van der Waals surface area contributed by atoms with Gasteiger partial charge in [-0.3, -0.25) is 29.1 Å². The number of nitrogens with one attached hydrogen (secondary N) is 4. The molecule has 0 aliphatic carbocycles. The zero-order valence-electron chi connectivity index (χ0n) is 28.4. The Morgan fingerprint density at radius 1 is 1.02 bits per heavy atom. The highest BCUT2D eigenvalue weighted by molar-refractivity contribution is 7.07. The van der Waals surface area contributed by atoms with E-state index in [9.17, 15) is 19.2 Å². The minimum atomic E-state index is -0.897. The molecule has 264 valence electrons. The molecule has 2 aromatic rings. The monoisotopic (exact) mass is 683 g/mol. The van der Waals surface area contributed by atoms with E-state index in [0.717, 1.165) is 43.6 Å². The number of thiophene rings is 1. The second-order valence-corrected chi connectivity index (χ2v) is 13.8. The number of hydrogen-bond donors (Lipinski definition) is 7. The van der Waals surface area contributed by atoms with Crippen LogP contribution in [-0.4, -0.2) is 85.3 Å². The first kappa shape index (κ1) is 38.4. The lowest BCUT2D eigenvalue weighted by atomic mass is 9.99. The maximum atomic E-state index is 13.7. The van der Waals surface area contributed by atoms with Crippen molar-refractivity contribution in [3.8, 4) is 0 Å². The topological polar surface area (TPSA) is 210 Å². The Balaban J connectivity index is 1.66. The van der Waals surface area contributed by atoms with E-state index >= 15 is 0 Å². The first-order valence-corrected chi connectivity index (χ1v) is 17.6. The smallest absolute Gasteiger partial charge is 0.251 e. The molecule has 1 saturated heterocycles. The minimum absolute atomic E-state index is 0.0539. The Morgan fingerprint density at radius 2 is 1.77 bits per heavy atom. The van der Waals surface area contributed by atoms with Crippen molar-refractivity contribution in [1.29, 1.82) is 0 Å². The van der Waals surface area contributed by atoms with E-state index in [1.54, 1.807) is 12.1 Å². The van der Waals surface area contributed by atoms with Gasteiger partial charge in [-0.05, 0) is 91.7 Å². The molecule has 0 spiro atoms. The summed E-state index contributed by atoms with van der Waals surface area (Å²) in [6, 6.07) is 7.44. The predicted molar refractivity (Wildman–Crippen MR) is 190 cm³/mol. The number of likely N-dealkylation sites (N-methyl/N-ethyl adjacent to an activating group) is 1. The molecule has 4 atom stereocenters. The highest BCUT2D eigenvalue weighted by Gasteiger charge is 2.27. The number of nitrogens with zero attached hydrogens (tertiary/aromatic N) is 2. The van der Waals surface area contributed by atoms with Crippen LogP contribution in [0.3, 0.4) is 0 Å². The number of nitrogens with two attached hydrogens (primary N) is 3. The molecule has 0 saturated carbocycles. The van der Waals surface area contributed by atoms with Gasteiger partial charge in [-0.1, -0.05) is 26.0 Å². The Hall–Kier alpha value is -4.01. The lowest BCUT2D eigenvalue weighted by Gasteiger charge is -2.31. The summed E-state index contributed by atoms with van der Waals surface area (Å²) in [5.74, 6) is -1.74. The lowest BCUT2D eigenvalue weighted by Crippen LogP contribution is -2.52. The van der Waals surface area contributed by atoms with Gasteiger partial charge in [0.1, 0.15) is 12.1 Å². The van der Waals surface area contributed by atoms with Crippen LogP contribution in [-0.2, 0) is 27.3 Å². The van der Waals surface area contributed by atoms with E-state index in [-0.39, 0.29) is 43.6 Å². The van der Waals surface area contributed by atoms with Crippen molar-refractivity contribution in [3.63, 3.8) is 0 Å². The number of guanidine groups is 1. The van der Waals surface area contributed by atoms with Crippen molar-refractivity contribution in [1.82, 2.24) is 26.2 Å². The van der Waals surface area contributed by atoms with E-state index < -0.39 is 35.8 Å². The Kier molecular flexibility index (Phi) is 15.8. The maximum Gasteiger partial charge on any atom is 0.251 e. The van der Waals surface area contributed by atoms with E-state index in [4.69, 9.17) is 17.2 Å². The summed E-state index contributed by atoms with van der Waals surface area (Å²) in [6.07, 6.45) is 3.76. The number of amides is 4. The Labute approximate surface area is 287 Å². The van der Waals surface area contributed by atoms with Crippen molar-refractivity contribution in [2.24, 2.45) is 28.1 Å². The first-order valence-electron chi connectivity index (χ1n) is 16.7. The van der Waals surface area contributed by atoms with Gasteiger partial charge in [0.15, 0.2) is 5.96 Å². The van der Waals surface area contributed by atoms with Crippen molar-refractivity contribution in [2.45, 2.75) is 89.5 Å². The van der Waals surface area contributed by atoms with Gasteiger partial charge in [-0.15, -0.1) is 0 Å². The fourth-order valence-electron chi connectivity index (χ4n) is 5.81. The molecule has 0 bridgehead atoms. The molecular formula is C34H53N9O4S. The molecule has 3 unspecified atom stereocenters. The lowest BCUT2D eigenvalue weighted by molar-refractivity contribution is -0.128. The van der Waals surface area contributed by atoms with Gasteiger partial charge in [-0.2, -0.15) is 11.3 Å². The number of rotatable bonds is 19. The predicted octanol–water partition coefficient (Wildman–Crippen LogP) is 1.22. The summed E-state index contributed by atoms with van der Waals surface area (Å²) < 4.78 is 0. The van der Waals surface area contributed by atoms with Crippen molar-refractivity contribution < 1.29 is 19.2 Å². The van der Waals surface area contributed by atoms with E-state index in [2.05, 4.69) is 38.2 Å². The van der Waals surface area contributed by atoms with Crippen molar-refractivity contribution >= 4 is 40.9 Å². The van der Waals surface area contributed by atoms with Gasteiger partial charge < -0.3 is 38.5 Å². The van der Waals surface area contributed by atoms with Gasteiger partial charge in [0.05, 0.1) is 0 Å². The number of carbonyl (C=O) groups is 4. The summed E-state index contributed by atoms with van der Waals surface area (Å²) in [6.45, 7) is 7.06. The second kappa shape index (κ2) is 19.7. The van der Waals surface area contributed by atoms with E-state index in [1.807, 2.05) is 42.8 Å². The SMILES string of the molecule is CC(C)CC(CC(=O)NC(Cc1ccsc1)C(N)=O)NC(=O)[C@H](CCCN=C(N)N)NC(=O)c1ccc(CN(C)C2CCCNC2)cc1. The third-order valence-corrected chi connectivity index (χ3v) is 9.07. The molecule has 1 fully saturated rings. The third kappa shape index (κ3) is 13.6. The molecule has 13 nitrogen and oxygen atoms in total. The first-order chi connectivity index (χ1) is 22.9. The number of primary amides is 1. The van der Waals surface area contributed by atoms with Gasteiger partial charge in [0.2, 0.25) is 17.7 Å². The van der Waals surface area contributed by atoms with Crippen molar-refractivity contribution in [3.05, 3.63) is 57.8 Å². The standard InChI is InChI=1S/C34H53N9O4S/c1-22(2)16-26(18-30(44)41-29(31(35)45)17-24-12-15-48-21-24)40-33(47)28(7-5-14-39-34(36)37)42-32(46)25-10-8-23(9-11-25)20-43(3)27-6-4-13-38-19-27/h8-12,15,21-22,26-29,38H,4-7,13-14,16-20H2,1-3H3,(H2,35,45)(H,40,47)(H,41,44)(H,42,46)(H4,36,37,39)/t26?,27?,28-,29?/m0/s1. The Bertz CT molecular complexity index is 1340. The Morgan fingerprint density at radius 3 is 2.38 bits per heavy atom. The molecule has 1 aliphatic heterocycles. The molecule has 1 aliphatic rings. The second-order valence-electron chi connectivity index (χ2n) is 13.0. The molecule has 0 radical (unpaired) electrons. The maximum absolute atomic E-state index is 13.7. The van der Waals surface area contributed by atoms with Crippen LogP contribution in [0.25, 0.3) is 0 Å². The van der Waals surface area contributed by atoms with Crippen LogP contribution in [0.5, 0.6) is 0 Å². The summed E-state index contributed by atoms with van der Waals surface area (Å²) in [5.41, 5.74) is 18.9. The molecule has 1 aromatic carbocycles. The van der Waals surface area contributed by atoms with Crippen LogP contribution in [0.4, 0.5) is 0 Å². The number of carbonyl (C=O) groups excluding carboxylic acids is 4. The normalized spacial score (nSPS) is 16.5. The third-order valence-electron chi connectivity index (χ3n) is 8.34. The van der Waals surface area contributed by atoms with Gasteiger partial charge >= 0.3 is 0 Å². The minimum Gasteiger partial charge on any atom is -0.370 e. The average molecular weight is 684 g/mol. The molecular weight excluding hydrogens is 630 g/mol. The van der Waals surface area contributed by atoms with Crippen LogP contribution in [0.15, 0.2) is 46.1 Å².